The van der Waals surface area contributed by atoms with Crippen LogP contribution in [0.5, 0.6) is 0 Å². The maximum atomic E-state index is 12.6. The van der Waals surface area contributed by atoms with E-state index in [0.29, 0.717) is 19.0 Å². The number of nitro groups is 1. The summed E-state index contributed by atoms with van der Waals surface area (Å²) in [6.45, 7) is 0.520. The molecule has 1 aliphatic heterocycles. The summed E-state index contributed by atoms with van der Waals surface area (Å²) in [4.78, 5) is 21.9. The fraction of sp³-hybridized carbons (Fsp3) is 0.462. The van der Waals surface area contributed by atoms with Gasteiger partial charge in [-0.15, -0.1) is 0 Å². The molecule has 1 aromatic carbocycles. The van der Waals surface area contributed by atoms with Gasteiger partial charge in [0.25, 0.3) is 5.69 Å². The summed E-state index contributed by atoms with van der Waals surface area (Å²) in [5.41, 5.74) is -1.90. The number of hydrogen-bond donors (Lipinski definition) is 2. The zero-order chi connectivity index (χ0) is 16.3. The molecule has 2 N–H and O–H groups in total. The molecular formula is C13H14F3N3O3. The number of halogens is 3. The first-order valence-electron chi connectivity index (χ1n) is 6.69. The van der Waals surface area contributed by atoms with Crippen molar-refractivity contribution in [2.24, 2.45) is 0 Å². The number of carbonyl (C=O) groups excluding carboxylic acids is 1. The molecule has 1 unspecified atom stereocenters. The number of alkyl halides is 3. The lowest BCUT2D eigenvalue weighted by Gasteiger charge is -2.17. The molecule has 1 fully saturated rings. The summed E-state index contributed by atoms with van der Waals surface area (Å²) in [5, 5.41) is 16.3. The highest BCUT2D eigenvalue weighted by molar-refractivity contribution is 5.85. The van der Waals surface area contributed by atoms with E-state index in [9.17, 15) is 28.1 Å². The van der Waals surface area contributed by atoms with Crippen molar-refractivity contribution >= 4 is 17.3 Å². The lowest BCUT2D eigenvalue weighted by molar-refractivity contribution is -0.384. The van der Waals surface area contributed by atoms with E-state index in [1.807, 2.05) is 0 Å². The van der Waals surface area contributed by atoms with Crippen LogP contribution in [0.2, 0.25) is 0 Å². The Bertz CT molecular complexity index is 590. The quantitative estimate of drug-likeness (QED) is 0.663. The number of benzene rings is 1. The van der Waals surface area contributed by atoms with Gasteiger partial charge in [-0.3, -0.25) is 14.9 Å². The molecule has 6 nitrogen and oxygen atoms in total. The van der Waals surface area contributed by atoms with E-state index >= 15 is 0 Å². The van der Waals surface area contributed by atoms with E-state index in [0.717, 1.165) is 25.0 Å². The van der Waals surface area contributed by atoms with E-state index in [2.05, 4.69) is 10.6 Å². The van der Waals surface area contributed by atoms with Crippen LogP contribution in [0.1, 0.15) is 24.8 Å². The van der Waals surface area contributed by atoms with Crippen LogP contribution in [0.25, 0.3) is 0 Å². The fourth-order valence-corrected chi connectivity index (χ4v) is 2.25. The summed E-state index contributed by atoms with van der Waals surface area (Å²) in [7, 11) is 0. The SMILES string of the molecule is O=C1NCCCCC1Nc1ccc(C(F)(F)F)cc1[N+](=O)[O-]. The van der Waals surface area contributed by atoms with E-state index in [4.69, 9.17) is 0 Å². The molecule has 0 bridgehead atoms. The molecule has 0 saturated carbocycles. The molecule has 0 spiro atoms. The Kier molecular flexibility index (Phi) is 4.53. The third kappa shape index (κ3) is 3.66. The molecule has 1 saturated heterocycles. The van der Waals surface area contributed by atoms with E-state index < -0.39 is 28.4 Å². The van der Waals surface area contributed by atoms with Gasteiger partial charge in [0.2, 0.25) is 5.91 Å². The Morgan fingerprint density at radius 1 is 1.32 bits per heavy atom. The Hall–Kier alpha value is -2.32. The summed E-state index contributed by atoms with van der Waals surface area (Å²) >= 11 is 0. The molecule has 0 radical (unpaired) electrons. The molecule has 1 atom stereocenters. The Morgan fingerprint density at radius 3 is 2.68 bits per heavy atom. The second-order valence-electron chi connectivity index (χ2n) is 4.97. The summed E-state index contributed by atoms with van der Waals surface area (Å²) in [6, 6.07) is 1.51. The third-order valence-corrected chi connectivity index (χ3v) is 3.39. The van der Waals surface area contributed by atoms with Crippen LogP contribution >= 0.6 is 0 Å². The monoisotopic (exact) mass is 317 g/mol. The van der Waals surface area contributed by atoms with Crippen molar-refractivity contribution in [2.45, 2.75) is 31.5 Å². The van der Waals surface area contributed by atoms with Crippen LogP contribution in [0.4, 0.5) is 24.5 Å². The number of amides is 1. The highest BCUT2D eigenvalue weighted by Crippen LogP contribution is 2.35. The number of nitro benzene ring substituents is 1. The van der Waals surface area contributed by atoms with Crippen molar-refractivity contribution in [3.05, 3.63) is 33.9 Å². The maximum Gasteiger partial charge on any atom is 0.416 e. The van der Waals surface area contributed by atoms with Gasteiger partial charge in [0, 0.05) is 12.6 Å². The van der Waals surface area contributed by atoms with E-state index in [1.54, 1.807) is 0 Å². The zero-order valence-electron chi connectivity index (χ0n) is 11.4. The summed E-state index contributed by atoms with van der Waals surface area (Å²) < 4.78 is 37.9. The largest absolute Gasteiger partial charge is 0.416 e. The zero-order valence-corrected chi connectivity index (χ0v) is 11.4. The van der Waals surface area contributed by atoms with Gasteiger partial charge in [-0.25, -0.2) is 0 Å². The van der Waals surface area contributed by atoms with Crippen LogP contribution in [-0.4, -0.2) is 23.4 Å². The van der Waals surface area contributed by atoms with Crippen LogP contribution in [0, 0.1) is 10.1 Å². The second kappa shape index (κ2) is 6.20. The average Bonchev–Trinajstić information content (AvgIpc) is 2.63. The first kappa shape index (κ1) is 16.1. The van der Waals surface area contributed by atoms with Crippen LogP contribution in [0.15, 0.2) is 18.2 Å². The number of nitrogens with zero attached hydrogens (tertiary/aromatic N) is 1. The van der Waals surface area contributed by atoms with Crippen molar-refractivity contribution in [2.75, 3.05) is 11.9 Å². The van der Waals surface area contributed by atoms with Crippen LogP contribution in [0.3, 0.4) is 0 Å². The van der Waals surface area contributed by atoms with Gasteiger partial charge in [-0.05, 0) is 31.4 Å². The maximum absolute atomic E-state index is 12.6. The molecule has 1 aliphatic rings. The number of rotatable bonds is 3. The molecule has 1 heterocycles. The molecule has 0 aromatic heterocycles. The topological polar surface area (TPSA) is 84.3 Å². The second-order valence-corrected chi connectivity index (χ2v) is 4.97. The fourth-order valence-electron chi connectivity index (χ4n) is 2.25. The third-order valence-electron chi connectivity index (χ3n) is 3.39. The van der Waals surface area contributed by atoms with Gasteiger partial charge < -0.3 is 10.6 Å². The minimum atomic E-state index is -4.66. The minimum absolute atomic E-state index is 0.0972. The first-order valence-corrected chi connectivity index (χ1v) is 6.69. The average molecular weight is 317 g/mol. The van der Waals surface area contributed by atoms with Gasteiger partial charge in [0.15, 0.2) is 0 Å². The highest BCUT2D eigenvalue weighted by Gasteiger charge is 2.33. The van der Waals surface area contributed by atoms with Gasteiger partial charge in [0.1, 0.15) is 11.7 Å². The lowest BCUT2D eigenvalue weighted by Crippen LogP contribution is -2.38. The number of carbonyl (C=O) groups is 1. The smallest absolute Gasteiger partial charge is 0.368 e. The van der Waals surface area contributed by atoms with Gasteiger partial charge >= 0.3 is 6.18 Å². The number of nitrogens with one attached hydrogen (secondary N) is 2. The summed E-state index contributed by atoms with van der Waals surface area (Å²) in [5.74, 6) is -0.313. The van der Waals surface area contributed by atoms with Gasteiger partial charge in [-0.2, -0.15) is 13.2 Å². The van der Waals surface area contributed by atoms with E-state index in [1.165, 1.54) is 0 Å². The van der Waals surface area contributed by atoms with E-state index in [-0.39, 0.29) is 11.6 Å². The van der Waals surface area contributed by atoms with Crippen molar-refractivity contribution in [1.82, 2.24) is 5.32 Å². The van der Waals surface area contributed by atoms with Crippen LogP contribution < -0.4 is 10.6 Å². The highest BCUT2D eigenvalue weighted by atomic mass is 19.4. The molecule has 1 aromatic rings. The first-order chi connectivity index (χ1) is 10.3. The Balaban J connectivity index is 2.30. The van der Waals surface area contributed by atoms with Crippen molar-refractivity contribution < 1.29 is 22.9 Å². The normalized spacial score (nSPS) is 19.2. The molecule has 22 heavy (non-hydrogen) atoms. The molecule has 120 valence electrons. The number of hydrogen-bond acceptors (Lipinski definition) is 4. The molecular weight excluding hydrogens is 303 g/mol. The van der Waals surface area contributed by atoms with Crippen molar-refractivity contribution in [3.8, 4) is 0 Å². The van der Waals surface area contributed by atoms with Crippen molar-refractivity contribution in [3.63, 3.8) is 0 Å². The molecule has 0 aliphatic carbocycles. The Labute approximate surface area is 123 Å². The van der Waals surface area contributed by atoms with Gasteiger partial charge in [-0.1, -0.05) is 0 Å². The molecule has 9 heteroatoms. The lowest BCUT2D eigenvalue weighted by atomic mass is 10.1. The predicted molar refractivity (Wildman–Crippen MR) is 72.4 cm³/mol. The Morgan fingerprint density at radius 2 is 2.05 bits per heavy atom. The number of anilines is 1. The molecule has 1 amide bonds. The standard InChI is InChI=1S/C13H14F3N3O3/c14-13(15,16)8-4-5-9(11(7-8)19(21)22)18-10-3-1-2-6-17-12(10)20/h4-5,7,10,18H,1-3,6H2,(H,17,20). The van der Waals surface area contributed by atoms with Crippen LogP contribution in [-0.2, 0) is 11.0 Å². The molecule has 2 rings (SSSR count). The summed E-state index contributed by atoms with van der Waals surface area (Å²) in [6.07, 6.45) is -2.67. The predicted octanol–water partition coefficient (Wildman–Crippen LogP) is 2.69. The van der Waals surface area contributed by atoms with Gasteiger partial charge in [0.05, 0.1) is 10.5 Å². The van der Waals surface area contributed by atoms with Crippen molar-refractivity contribution in [1.29, 1.82) is 0 Å². The minimum Gasteiger partial charge on any atom is -0.368 e.